The van der Waals surface area contributed by atoms with E-state index in [1.165, 1.54) is 6.92 Å². The molecule has 2 atom stereocenters. The van der Waals surface area contributed by atoms with E-state index >= 15 is 0 Å². The third-order valence-corrected chi connectivity index (χ3v) is 6.41. The monoisotopic (exact) mass is 425 g/mol. The molecule has 1 aliphatic carbocycles. The zero-order chi connectivity index (χ0) is 21.5. The molecule has 1 saturated carbocycles. The van der Waals surface area contributed by atoms with E-state index in [2.05, 4.69) is 10.1 Å². The van der Waals surface area contributed by atoms with Gasteiger partial charge in [-0.2, -0.15) is 13.2 Å². The minimum Gasteiger partial charge on any atom is -0.381 e. The van der Waals surface area contributed by atoms with Crippen molar-refractivity contribution in [1.82, 2.24) is 15.0 Å². The van der Waals surface area contributed by atoms with Crippen molar-refractivity contribution in [3.8, 4) is 0 Å². The Labute approximate surface area is 172 Å². The molecule has 6 nitrogen and oxygen atoms in total. The summed E-state index contributed by atoms with van der Waals surface area (Å²) in [6.45, 7) is 2.51. The van der Waals surface area contributed by atoms with Gasteiger partial charge in [0, 0.05) is 37.7 Å². The molecule has 2 fully saturated rings. The van der Waals surface area contributed by atoms with Crippen LogP contribution in [0.4, 0.5) is 13.2 Å². The first-order valence-corrected chi connectivity index (χ1v) is 10.4. The van der Waals surface area contributed by atoms with E-state index in [1.807, 2.05) is 4.90 Å². The van der Waals surface area contributed by atoms with Gasteiger partial charge in [0.25, 0.3) is 5.71 Å². The zero-order valence-corrected chi connectivity index (χ0v) is 17.2. The molecule has 2 aromatic rings. The van der Waals surface area contributed by atoms with Crippen LogP contribution in [-0.2, 0) is 15.7 Å². The number of rotatable bonds is 3. The Morgan fingerprint density at radius 3 is 2.63 bits per heavy atom. The van der Waals surface area contributed by atoms with E-state index in [0.29, 0.717) is 31.6 Å². The number of halogens is 3. The van der Waals surface area contributed by atoms with Crippen LogP contribution in [-0.4, -0.2) is 47.3 Å². The smallest absolute Gasteiger partial charge is 0.381 e. The van der Waals surface area contributed by atoms with Crippen LogP contribution in [0.1, 0.15) is 61.4 Å². The van der Waals surface area contributed by atoms with Crippen LogP contribution < -0.4 is 0 Å². The predicted molar refractivity (Wildman–Crippen MR) is 103 cm³/mol. The Morgan fingerprint density at radius 1 is 1.23 bits per heavy atom. The normalized spacial score (nSPS) is 23.8. The van der Waals surface area contributed by atoms with Crippen molar-refractivity contribution >= 4 is 17.0 Å². The summed E-state index contributed by atoms with van der Waals surface area (Å²) in [6.07, 6.45) is 0.290. The van der Waals surface area contributed by atoms with Crippen molar-refractivity contribution in [3.05, 3.63) is 23.0 Å². The molecule has 164 valence electrons. The Balaban J connectivity index is 1.49. The molecule has 3 heterocycles. The van der Waals surface area contributed by atoms with Gasteiger partial charge < -0.3 is 14.2 Å². The molecule has 1 aliphatic heterocycles. The highest BCUT2D eigenvalue weighted by Gasteiger charge is 2.38. The molecule has 0 aromatic carbocycles. The van der Waals surface area contributed by atoms with E-state index in [-0.39, 0.29) is 40.6 Å². The van der Waals surface area contributed by atoms with Crippen LogP contribution in [0.5, 0.6) is 0 Å². The van der Waals surface area contributed by atoms with E-state index in [4.69, 9.17) is 9.26 Å². The number of likely N-dealkylation sites (tertiary alicyclic amines) is 1. The topological polar surface area (TPSA) is 68.5 Å². The SMILES string of the molecule is COC1CCCC(C(=O)N2CCC(c3noc4nc(C)cc(C(F)(F)F)c34)CC2)C1. The fraction of sp³-hybridized carbons (Fsp3) is 0.667. The van der Waals surface area contributed by atoms with Crippen molar-refractivity contribution in [1.29, 1.82) is 0 Å². The molecule has 9 heteroatoms. The van der Waals surface area contributed by atoms with Crippen LogP contribution in [0, 0.1) is 12.8 Å². The summed E-state index contributed by atoms with van der Waals surface area (Å²) in [7, 11) is 1.68. The maximum atomic E-state index is 13.6. The number of aryl methyl sites for hydroxylation is 1. The average molecular weight is 425 g/mol. The number of methoxy groups -OCH3 is 1. The predicted octanol–water partition coefficient (Wildman–Crippen LogP) is 4.46. The zero-order valence-electron chi connectivity index (χ0n) is 17.2. The lowest BCUT2D eigenvalue weighted by molar-refractivity contribution is -0.139. The first-order chi connectivity index (χ1) is 14.3. The van der Waals surface area contributed by atoms with Crippen molar-refractivity contribution < 1.29 is 27.2 Å². The summed E-state index contributed by atoms with van der Waals surface area (Å²) >= 11 is 0. The molecule has 1 saturated heterocycles. The Morgan fingerprint density at radius 2 is 1.97 bits per heavy atom. The average Bonchev–Trinajstić information content (AvgIpc) is 3.15. The number of hydrogen-bond acceptors (Lipinski definition) is 5. The van der Waals surface area contributed by atoms with E-state index in [9.17, 15) is 18.0 Å². The number of alkyl halides is 3. The summed E-state index contributed by atoms with van der Waals surface area (Å²) in [5, 5.41) is 3.91. The molecule has 2 unspecified atom stereocenters. The highest BCUT2D eigenvalue weighted by molar-refractivity contribution is 5.82. The molecular formula is C21H26F3N3O3. The third kappa shape index (κ3) is 4.04. The number of fused-ring (bicyclic) bond motifs is 1. The molecule has 0 N–H and O–H groups in total. The van der Waals surface area contributed by atoms with Gasteiger partial charge in [0.2, 0.25) is 5.91 Å². The maximum Gasteiger partial charge on any atom is 0.417 e. The van der Waals surface area contributed by atoms with Gasteiger partial charge in [-0.25, -0.2) is 4.98 Å². The second kappa shape index (κ2) is 8.17. The van der Waals surface area contributed by atoms with Gasteiger partial charge in [0.1, 0.15) is 0 Å². The highest BCUT2D eigenvalue weighted by Crippen LogP contribution is 2.40. The lowest BCUT2D eigenvalue weighted by Gasteiger charge is -2.36. The lowest BCUT2D eigenvalue weighted by Crippen LogP contribution is -2.43. The Hall–Kier alpha value is -2.16. The number of hydrogen-bond donors (Lipinski definition) is 0. The first-order valence-electron chi connectivity index (χ1n) is 10.4. The fourth-order valence-corrected chi connectivity index (χ4v) is 4.81. The molecule has 4 rings (SSSR count). The minimum atomic E-state index is -4.51. The second-order valence-corrected chi connectivity index (χ2v) is 8.38. The van der Waals surface area contributed by atoms with Gasteiger partial charge in [-0.3, -0.25) is 4.79 Å². The van der Waals surface area contributed by atoms with Crippen LogP contribution >= 0.6 is 0 Å². The highest BCUT2D eigenvalue weighted by atomic mass is 19.4. The van der Waals surface area contributed by atoms with Crippen LogP contribution in [0.15, 0.2) is 10.6 Å². The van der Waals surface area contributed by atoms with Gasteiger partial charge in [-0.15, -0.1) is 0 Å². The van der Waals surface area contributed by atoms with Crippen molar-refractivity contribution in [2.45, 2.75) is 63.6 Å². The van der Waals surface area contributed by atoms with Gasteiger partial charge in [0.05, 0.1) is 22.7 Å². The van der Waals surface area contributed by atoms with Crippen molar-refractivity contribution in [3.63, 3.8) is 0 Å². The van der Waals surface area contributed by atoms with Gasteiger partial charge in [-0.1, -0.05) is 11.6 Å². The quantitative estimate of drug-likeness (QED) is 0.726. The molecule has 0 spiro atoms. The minimum absolute atomic E-state index is 0.0304. The number of piperidine rings is 1. The summed E-state index contributed by atoms with van der Waals surface area (Å²) in [5.74, 6) is -0.0930. The Kier molecular flexibility index (Phi) is 5.74. The lowest BCUT2D eigenvalue weighted by atomic mass is 9.85. The molecule has 2 aliphatic rings. The van der Waals surface area contributed by atoms with Gasteiger partial charge >= 0.3 is 6.18 Å². The van der Waals surface area contributed by atoms with Gasteiger partial charge in [0.15, 0.2) is 0 Å². The number of nitrogens with zero attached hydrogens (tertiary/aromatic N) is 3. The summed E-state index contributed by atoms with van der Waals surface area (Å²) < 4.78 is 51.4. The van der Waals surface area contributed by atoms with E-state index in [1.54, 1.807) is 7.11 Å². The molecule has 0 radical (unpaired) electrons. The largest absolute Gasteiger partial charge is 0.417 e. The molecular weight excluding hydrogens is 399 g/mol. The van der Waals surface area contributed by atoms with Crippen LogP contribution in [0.2, 0.25) is 0 Å². The van der Waals surface area contributed by atoms with E-state index < -0.39 is 11.7 Å². The molecule has 2 aromatic heterocycles. The summed E-state index contributed by atoms with van der Waals surface area (Å²) in [5.41, 5.74) is -0.301. The number of carbonyl (C=O) groups excluding carboxylic acids is 1. The standard InChI is InChI=1S/C21H26F3N3O3/c1-12-10-16(21(22,23)24)17-18(26-30-19(17)25-12)13-6-8-27(9-7-13)20(28)14-4-3-5-15(11-14)29-2/h10,13-15H,3-9,11H2,1-2H3. The second-order valence-electron chi connectivity index (χ2n) is 8.38. The third-order valence-electron chi connectivity index (χ3n) is 6.41. The number of amides is 1. The number of aromatic nitrogens is 2. The van der Waals surface area contributed by atoms with E-state index in [0.717, 1.165) is 31.7 Å². The maximum absolute atomic E-state index is 13.6. The number of pyridine rings is 1. The van der Waals surface area contributed by atoms with Crippen molar-refractivity contribution in [2.75, 3.05) is 20.2 Å². The molecule has 30 heavy (non-hydrogen) atoms. The number of ether oxygens (including phenoxy) is 1. The van der Waals surface area contributed by atoms with Gasteiger partial charge in [-0.05, 0) is 45.1 Å². The summed E-state index contributed by atoms with van der Waals surface area (Å²) in [6, 6.07) is 1.04. The first kappa shape index (κ1) is 21.1. The fourth-order valence-electron chi connectivity index (χ4n) is 4.81. The molecule has 1 amide bonds. The Bertz CT molecular complexity index is 919. The van der Waals surface area contributed by atoms with Crippen LogP contribution in [0.3, 0.4) is 0 Å². The van der Waals surface area contributed by atoms with Crippen molar-refractivity contribution in [2.24, 2.45) is 5.92 Å². The molecule has 0 bridgehead atoms. The summed E-state index contributed by atoms with van der Waals surface area (Å²) in [4.78, 5) is 18.8. The number of carbonyl (C=O) groups is 1. The van der Waals surface area contributed by atoms with Crippen LogP contribution in [0.25, 0.3) is 11.1 Å².